The Kier molecular flexibility index (Phi) is 8.62. The van der Waals surface area contributed by atoms with Gasteiger partial charge in [0.05, 0.1) is 12.2 Å². The average Bonchev–Trinajstić information content (AvgIpc) is 2.80. The molecule has 1 fully saturated rings. The average molecular weight is 298 g/mol. The van der Waals surface area contributed by atoms with Crippen molar-refractivity contribution in [1.82, 2.24) is 0 Å². The van der Waals surface area contributed by atoms with Crippen LogP contribution in [0.25, 0.3) is 0 Å². The van der Waals surface area contributed by atoms with E-state index in [1.54, 1.807) is 6.08 Å². The van der Waals surface area contributed by atoms with Crippen LogP contribution in [0, 0.1) is 11.8 Å². The van der Waals surface area contributed by atoms with Crippen LogP contribution in [0.3, 0.4) is 0 Å². The van der Waals surface area contributed by atoms with Gasteiger partial charge in [-0.3, -0.25) is 4.79 Å². The summed E-state index contributed by atoms with van der Waals surface area (Å²) in [5, 5.41) is 28.2. The molecule has 122 valence electrons. The molecule has 0 aromatic carbocycles. The van der Waals surface area contributed by atoms with Crippen LogP contribution in [0.2, 0.25) is 0 Å². The molecular formula is C17H30O4. The second-order valence-corrected chi connectivity index (χ2v) is 6.30. The van der Waals surface area contributed by atoms with Crippen LogP contribution in [0.4, 0.5) is 0 Å². The highest BCUT2D eigenvalue weighted by Crippen LogP contribution is 2.38. The van der Waals surface area contributed by atoms with E-state index < -0.39 is 12.1 Å². The van der Waals surface area contributed by atoms with Crippen LogP contribution in [0.5, 0.6) is 0 Å². The highest BCUT2D eigenvalue weighted by Gasteiger charge is 2.33. The Hall–Kier alpha value is -0.870. The summed E-state index contributed by atoms with van der Waals surface area (Å²) in [6.45, 7) is 3.59. The quantitative estimate of drug-likeness (QED) is 0.404. The molecular weight excluding hydrogens is 268 g/mol. The number of carboxylic acid groups (broad SMARTS) is 1. The second-order valence-electron chi connectivity index (χ2n) is 6.30. The number of unbranched alkanes of at least 4 members (excludes halogenated alkanes) is 3. The Labute approximate surface area is 127 Å². The minimum Gasteiger partial charge on any atom is -0.481 e. The number of carboxylic acids is 1. The minimum atomic E-state index is -0.720. The molecule has 0 spiro atoms. The first-order valence-corrected chi connectivity index (χ1v) is 8.25. The Bertz CT molecular complexity index is 316. The van der Waals surface area contributed by atoms with Gasteiger partial charge in [0.15, 0.2) is 0 Å². The first-order chi connectivity index (χ1) is 10.0. The van der Waals surface area contributed by atoms with Gasteiger partial charge in [-0.15, -0.1) is 6.58 Å². The lowest BCUT2D eigenvalue weighted by Gasteiger charge is -2.22. The normalized spacial score (nSPS) is 26.7. The number of aliphatic hydroxyl groups excluding tert-OH is 2. The van der Waals surface area contributed by atoms with Gasteiger partial charge in [0, 0.05) is 6.42 Å². The fourth-order valence-corrected chi connectivity index (χ4v) is 3.43. The van der Waals surface area contributed by atoms with Gasteiger partial charge in [-0.25, -0.2) is 0 Å². The second kappa shape index (κ2) is 9.96. The smallest absolute Gasteiger partial charge is 0.303 e. The molecule has 0 amide bonds. The van der Waals surface area contributed by atoms with Gasteiger partial charge in [0.2, 0.25) is 0 Å². The zero-order valence-electron chi connectivity index (χ0n) is 12.9. The summed E-state index contributed by atoms with van der Waals surface area (Å²) in [5.41, 5.74) is 0. The van der Waals surface area contributed by atoms with Crippen molar-refractivity contribution in [3.05, 3.63) is 12.7 Å². The van der Waals surface area contributed by atoms with E-state index in [1.807, 2.05) is 0 Å². The summed E-state index contributed by atoms with van der Waals surface area (Å²) in [5.74, 6) is 0.136. The SMILES string of the molecule is C=CC(O)CC[C@H]1CC[C@H](O)[C@@H]1CCCCCCC(=O)O. The number of aliphatic carboxylic acids is 1. The van der Waals surface area contributed by atoms with Crippen LogP contribution >= 0.6 is 0 Å². The van der Waals surface area contributed by atoms with Crippen molar-refractivity contribution >= 4 is 5.97 Å². The Morgan fingerprint density at radius 2 is 1.90 bits per heavy atom. The van der Waals surface area contributed by atoms with Crippen LogP contribution in [0.15, 0.2) is 12.7 Å². The van der Waals surface area contributed by atoms with Gasteiger partial charge in [0.1, 0.15) is 0 Å². The molecule has 1 rings (SSSR count). The van der Waals surface area contributed by atoms with Crippen molar-refractivity contribution in [3.63, 3.8) is 0 Å². The Morgan fingerprint density at radius 3 is 2.57 bits per heavy atom. The molecule has 0 heterocycles. The molecule has 0 radical (unpaired) electrons. The molecule has 0 aliphatic heterocycles. The topological polar surface area (TPSA) is 77.8 Å². The third kappa shape index (κ3) is 7.09. The zero-order valence-corrected chi connectivity index (χ0v) is 12.9. The fourth-order valence-electron chi connectivity index (χ4n) is 3.43. The van der Waals surface area contributed by atoms with E-state index in [4.69, 9.17) is 5.11 Å². The van der Waals surface area contributed by atoms with E-state index in [9.17, 15) is 15.0 Å². The van der Waals surface area contributed by atoms with E-state index in [2.05, 4.69) is 6.58 Å². The molecule has 0 aromatic rings. The molecule has 0 aromatic heterocycles. The molecule has 1 saturated carbocycles. The van der Waals surface area contributed by atoms with Gasteiger partial charge in [-0.2, -0.15) is 0 Å². The minimum absolute atomic E-state index is 0.199. The zero-order chi connectivity index (χ0) is 15.7. The third-order valence-electron chi connectivity index (χ3n) is 4.72. The molecule has 3 N–H and O–H groups in total. The molecule has 4 heteroatoms. The van der Waals surface area contributed by atoms with Gasteiger partial charge >= 0.3 is 5.97 Å². The molecule has 0 bridgehead atoms. The van der Waals surface area contributed by atoms with E-state index in [1.165, 1.54) is 0 Å². The maximum absolute atomic E-state index is 10.4. The van der Waals surface area contributed by atoms with Crippen LogP contribution in [-0.2, 0) is 4.79 Å². The molecule has 4 nitrogen and oxygen atoms in total. The van der Waals surface area contributed by atoms with Crippen molar-refractivity contribution < 1.29 is 20.1 Å². The number of rotatable bonds is 11. The van der Waals surface area contributed by atoms with E-state index in [-0.39, 0.29) is 12.5 Å². The Balaban J connectivity index is 2.20. The highest BCUT2D eigenvalue weighted by molar-refractivity contribution is 5.66. The van der Waals surface area contributed by atoms with Crippen LogP contribution in [-0.4, -0.2) is 33.5 Å². The molecule has 0 saturated heterocycles. The van der Waals surface area contributed by atoms with Crippen LogP contribution < -0.4 is 0 Å². The molecule has 1 unspecified atom stereocenters. The predicted molar refractivity (Wildman–Crippen MR) is 83.0 cm³/mol. The van der Waals surface area contributed by atoms with Crippen molar-refractivity contribution in [2.24, 2.45) is 11.8 Å². The maximum atomic E-state index is 10.4. The van der Waals surface area contributed by atoms with E-state index in [0.717, 1.165) is 57.8 Å². The monoisotopic (exact) mass is 298 g/mol. The first-order valence-electron chi connectivity index (χ1n) is 8.25. The first kappa shape index (κ1) is 18.2. The fraction of sp³-hybridized carbons (Fsp3) is 0.824. The van der Waals surface area contributed by atoms with Crippen LogP contribution in [0.1, 0.15) is 64.2 Å². The van der Waals surface area contributed by atoms with Gasteiger partial charge < -0.3 is 15.3 Å². The van der Waals surface area contributed by atoms with Gasteiger partial charge in [-0.05, 0) is 50.4 Å². The summed E-state index contributed by atoms with van der Waals surface area (Å²) >= 11 is 0. The lowest BCUT2D eigenvalue weighted by Crippen LogP contribution is -2.20. The van der Waals surface area contributed by atoms with Gasteiger partial charge in [0.25, 0.3) is 0 Å². The van der Waals surface area contributed by atoms with E-state index >= 15 is 0 Å². The number of hydrogen-bond acceptors (Lipinski definition) is 3. The number of hydrogen-bond donors (Lipinski definition) is 3. The summed E-state index contributed by atoms with van der Waals surface area (Å²) in [6.07, 6.45) is 9.62. The maximum Gasteiger partial charge on any atom is 0.303 e. The standard InChI is InChI=1S/C17H30O4/c1-2-14(18)11-9-13-10-12-16(19)15(13)7-5-3-4-6-8-17(20)21/h2,13-16,18-19H,1,3-12H2,(H,20,21)/t13-,14?,15+,16-/m0/s1. The predicted octanol–water partition coefficient (Wildman–Crippen LogP) is 3.13. The molecule has 1 aliphatic rings. The van der Waals surface area contributed by atoms with Crippen molar-refractivity contribution in [3.8, 4) is 0 Å². The summed E-state index contributed by atoms with van der Waals surface area (Å²) in [7, 11) is 0. The molecule has 21 heavy (non-hydrogen) atoms. The third-order valence-corrected chi connectivity index (χ3v) is 4.72. The van der Waals surface area contributed by atoms with Crippen molar-refractivity contribution in [2.45, 2.75) is 76.4 Å². The largest absolute Gasteiger partial charge is 0.481 e. The van der Waals surface area contributed by atoms with Crippen molar-refractivity contribution in [2.75, 3.05) is 0 Å². The lowest BCUT2D eigenvalue weighted by molar-refractivity contribution is -0.137. The van der Waals surface area contributed by atoms with Gasteiger partial charge in [-0.1, -0.05) is 25.3 Å². The van der Waals surface area contributed by atoms with Crippen molar-refractivity contribution in [1.29, 1.82) is 0 Å². The summed E-state index contributed by atoms with van der Waals surface area (Å²) < 4.78 is 0. The number of carbonyl (C=O) groups is 1. The number of aliphatic hydroxyl groups is 2. The lowest BCUT2D eigenvalue weighted by atomic mass is 9.85. The molecule has 1 aliphatic carbocycles. The summed E-state index contributed by atoms with van der Waals surface area (Å²) in [4.78, 5) is 10.4. The Morgan fingerprint density at radius 1 is 1.19 bits per heavy atom. The summed E-state index contributed by atoms with van der Waals surface area (Å²) in [6, 6.07) is 0. The highest BCUT2D eigenvalue weighted by atomic mass is 16.4. The molecule has 4 atom stereocenters. The van der Waals surface area contributed by atoms with E-state index in [0.29, 0.717) is 11.8 Å².